The molecule has 0 aliphatic heterocycles. The molecule has 1 aliphatic rings. The number of aryl methyl sites for hydroxylation is 1. The fraction of sp³-hybridized carbons (Fsp3) is 0.824. The van der Waals surface area contributed by atoms with E-state index in [-0.39, 0.29) is 5.41 Å². The molecule has 1 fully saturated rings. The van der Waals surface area contributed by atoms with Gasteiger partial charge in [0.25, 0.3) is 0 Å². The van der Waals surface area contributed by atoms with E-state index in [2.05, 4.69) is 55.8 Å². The molecular weight excluding hydrogens is 260 g/mol. The third-order valence-electron chi connectivity index (χ3n) is 4.29. The molecular formula is C17H32N4. The van der Waals surface area contributed by atoms with Crippen LogP contribution in [-0.2, 0) is 0 Å². The van der Waals surface area contributed by atoms with Gasteiger partial charge in [-0.1, -0.05) is 33.1 Å². The van der Waals surface area contributed by atoms with Gasteiger partial charge in [0.05, 0.1) is 5.69 Å². The predicted molar refractivity (Wildman–Crippen MR) is 89.9 cm³/mol. The summed E-state index contributed by atoms with van der Waals surface area (Å²) >= 11 is 0. The number of hydrogen-bond acceptors (Lipinski definition) is 3. The van der Waals surface area contributed by atoms with Crippen molar-refractivity contribution in [2.24, 2.45) is 5.41 Å². The molecule has 0 atom stereocenters. The van der Waals surface area contributed by atoms with Crippen molar-refractivity contribution in [2.75, 3.05) is 32.5 Å². The molecule has 0 aromatic carbocycles. The quantitative estimate of drug-likeness (QED) is 0.868. The van der Waals surface area contributed by atoms with Gasteiger partial charge < -0.3 is 14.8 Å². The lowest BCUT2D eigenvalue weighted by Gasteiger charge is -2.30. The van der Waals surface area contributed by atoms with Crippen LogP contribution in [0.25, 0.3) is 0 Å². The largest absolute Gasteiger partial charge is 0.355 e. The molecule has 1 saturated carbocycles. The van der Waals surface area contributed by atoms with Gasteiger partial charge in [-0.2, -0.15) is 0 Å². The predicted octanol–water partition coefficient (Wildman–Crippen LogP) is 3.70. The second-order valence-corrected chi connectivity index (χ2v) is 7.66. The van der Waals surface area contributed by atoms with Crippen LogP contribution >= 0.6 is 0 Å². The van der Waals surface area contributed by atoms with Crippen molar-refractivity contribution < 1.29 is 0 Å². The maximum atomic E-state index is 4.71. The highest BCUT2D eigenvalue weighted by molar-refractivity contribution is 5.30. The van der Waals surface area contributed by atoms with Crippen molar-refractivity contribution in [3.8, 4) is 0 Å². The molecule has 0 amide bonds. The molecule has 1 N–H and O–H groups in total. The standard InChI is InChI=1S/C17H32N4/c1-14-11-21(15-9-7-6-8-10-15)16(19-14)18-12-17(2,3)13-20(4)5/h11,15H,6-10,12-13H2,1-5H3,(H,18,19). The summed E-state index contributed by atoms with van der Waals surface area (Å²) in [4.78, 5) is 6.96. The molecule has 1 aliphatic carbocycles. The second kappa shape index (κ2) is 6.82. The zero-order chi connectivity index (χ0) is 15.5. The van der Waals surface area contributed by atoms with Gasteiger partial charge in [-0.3, -0.25) is 0 Å². The number of rotatable bonds is 6. The number of aromatic nitrogens is 2. The van der Waals surface area contributed by atoms with Crippen LogP contribution in [0.4, 0.5) is 5.95 Å². The second-order valence-electron chi connectivity index (χ2n) is 7.66. The van der Waals surface area contributed by atoms with E-state index >= 15 is 0 Å². The Kier molecular flexibility index (Phi) is 5.31. The Bertz CT molecular complexity index is 442. The highest BCUT2D eigenvalue weighted by atomic mass is 15.2. The molecule has 1 aromatic heterocycles. The van der Waals surface area contributed by atoms with Gasteiger partial charge >= 0.3 is 0 Å². The van der Waals surface area contributed by atoms with Crippen molar-refractivity contribution in [1.82, 2.24) is 14.5 Å². The zero-order valence-corrected chi connectivity index (χ0v) is 14.4. The van der Waals surface area contributed by atoms with Gasteiger partial charge in [-0.05, 0) is 39.3 Å². The number of nitrogens with zero attached hydrogens (tertiary/aromatic N) is 3. The minimum atomic E-state index is 0.237. The van der Waals surface area contributed by atoms with Crippen LogP contribution < -0.4 is 5.32 Å². The molecule has 4 nitrogen and oxygen atoms in total. The van der Waals surface area contributed by atoms with E-state index in [1.807, 2.05) is 0 Å². The Morgan fingerprint density at radius 3 is 2.57 bits per heavy atom. The van der Waals surface area contributed by atoms with Gasteiger partial charge in [0, 0.05) is 25.3 Å². The number of nitrogens with one attached hydrogen (secondary N) is 1. The Balaban J connectivity index is 2.02. The van der Waals surface area contributed by atoms with E-state index in [0.717, 1.165) is 24.7 Å². The topological polar surface area (TPSA) is 33.1 Å². The summed E-state index contributed by atoms with van der Waals surface area (Å²) in [6, 6.07) is 0.638. The average Bonchev–Trinajstić information content (AvgIpc) is 2.77. The first-order chi connectivity index (χ1) is 9.87. The monoisotopic (exact) mass is 292 g/mol. The van der Waals surface area contributed by atoms with Crippen molar-refractivity contribution in [3.05, 3.63) is 11.9 Å². The Hall–Kier alpha value is -1.03. The first-order valence-electron chi connectivity index (χ1n) is 8.31. The molecule has 0 spiro atoms. The van der Waals surface area contributed by atoms with Crippen LogP contribution in [0.3, 0.4) is 0 Å². The summed E-state index contributed by atoms with van der Waals surface area (Å²) in [7, 11) is 4.27. The lowest BCUT2D eigenvalue weighted by molar-refractivity contribution is 0.253. The van der Waals surface area contributed by atoms with Crippen molar-refractivity contribution in [1.29, 1.82) is 0 Å². The van der Waals surface area contributed by atoms with E-state index in [9.17, 15) is 0 Å². The van der Waals surface area contributed by atoms with E-state index in [4.69, 9.17) is 4.98 Å². The van der Waals surface area contributed by atoms with Gasteiger partial charge in [0.2, 0.25) is 5.95 Å². The van der Waals surface area contributed by atoms with Gasteiger partial charge in [-0.15, -0.1) is 0 Å². The third-order valence-corrected chi connectivity index (χ3v) is 4.29. The van der Waals surface area contributed by atoms with Gasteiger partial charge in [0.15, 0.2) is 0 Å². The van der Waals surface area contributed by atoms with E-state index < -0.39 is 0 Å². The van der Waals surface area contributed by atoms with E-state index in [0.29, 0.717) is 6.04 Å². The van der Waals surface area contributed by atoms with Crippen LogP contribution in [-0.4, -0.2) is 41.6 Å². The fourth-order valence-corrected chi connectivity index (χ4v) is 3.51. The van der Waals surface area contributed by atoms with E-state index in [1.54, 1.807) is 0 Å². The summed E-state index contributed by atoms with van der Waals surface area (Å²) in [5.74, 6) is 1.06. The first kappa shape index (κ1) is 16.3. The molecule has 120 valence electrons. The molecule has 1 aromatic rings. The number of hydrogen-bond donors (Lipinski definition) is 1. The molecule has 1 heterocycles. The zero-order valence-electron chi connectivity index (χ0n) is 14.4. The van der Waals surface area contributed by atoms with E-state index in [1.165, 1.54) is 32.1 Å². The maximum absolute atomic E-state index is 4.71. The molecule has 0 saturated heterocycles. The minimum Gasteiger partial charge on any atom is -0.355 e. The fourth-order valence-electron chi connectivity index (χ4n) is 3.51. The Labute approximate surface area is 129 Å². The summed E-state index contributed by atoms with van der Waals surface area (Å²) in [6.45, 7) is 8.73. The van der Waals surface area contributed by atoms with Crippen molar-refractivity contribution in [3.63, 3.8) is 0 Å². The van der Waals surface area contributed by atoms with Gasteiger partial charge in [-0.25, -0.2) is 4.98 Å². The van der Waals surface area contributed by atoms with Crippen LogP contribution in [0.5, 0.6) is 0 Å². The summed E-state index contributed by atoms with van der Waals surface area (Å²) in [5.41, 5.74) is 1.36. The summed E-state index contributed by atoms with van der Waals surface area (Å²) in [6.07, 6.45) is 8.91. The van der Waals surface area contributed by atoms with Crippen molar-refractivity contribution in [2.45, 2.75) is 58.9 Å². The third kappa shape index (κ3) is 4.73. The molecule has 0 radical (unpaired) electrons. The highest BCUT2D eigenvalue weighted by Gasteiger charge is 2.22. The number of anilines is 1. The number of imidazole rings is 1. The lowest BCUT2D eigenvalue weighted by atomic mass is 9.93. The Morgan fingerprint density at radius 2 is 1.95 bits per heavy atom. The maximum Gasteiger partial charge on any atom is 0.203 e. The molecule has 4 heteroatoms. The Morgan fingerprint density at radius 1 is 1.29 bits per heavy atom. The van der Waals surface area contributed by atoms with Gasteiger partial charge in [0.1, 0.15) is 0 Å². The summed E-state index contributed by atoms with van der Waals surface area (Å²) < 4.78 is 2.39. The lowest BCUT2D eigenvalue weighted by Crippen LogP contribution is -2.35. The minimum absolute atomic E-state index is 0.237. The average molecular weight is 292 g/mol. The molecule has 21 heavy (non-hydrogen) atoms. The van der Waals surface area contributed by atoms with Crippen LogP contribution in [0.1, 0.15) is 57.7 Å². The smallest absolute Gasteiger partial charge is 0.203 e. The molecule has 0 bridgehead atoms. The first-order valence-corrected chi connectivity index (χ1v) is 8.31. The molecule has 2 rings (SSSR count). The van der Waals surface area contributed by atoms with Crippen LogP contribution in [0.15, 0.2) is 6.20 Å². The van der Waals surface area contributed by atoms with Crippen LogP contribution in [0.2, 0.25) is 0 Å². The summed E-state index contributed by atoms with van der Waals surface area (Å²) in [5, 5.41) is 3.60. The highest BCUT2D eigenvalue weighted by Crippen LogP contribution is 2.31. The SMILES string of the molecule is Cc1cn(C2CCCCC2)c(NCC(C)(C)CN(C)C)n1. The normalized spacial score (nSPS) is 17.4. The van der Waals surface area contributed by atoms with Crippen LogP contribution in [0, 0.1) is 12.3 Å². The molecule has 0 unspecified atom stereocenters. The van der Waals surface area contributed by atoms with Crippen molar-refractivity contribution >= 4 is 5.95 Å².